The molecule has 1 aliphatic rings. The largest absolute Gasteiger partial charge is 0.372 e. The average molecular weight is 159 g/mol. The standard InChI is InChI=1S/C6H13N3O2/c7-9-4-2-1-3-5(9)6(10)11-8/h5H,1-4,7-8H2/t5-/m0/s1. The highest BCUT2D eigenvalue weighted by Crippen LogP contribution is 2.13. The molecule has 0 bridgehead atoms. The lowest BCUT2D eigenvalue weighted by Gasteiger charge is -2.28. The number of nitrogens with two attached hydrogens (primary N) is 2. The van der Waals surface area contributed by atoms with Crippen LogP contribution in [0, 0.1) is 0 Å². The first-order valence-electron chi connectivity index (χ1n) is 3.67. The Labute approximate surface area is 65.2 Å². The molecule has 1 atom stereocenters. The summed E-state index contributed by atoms with van der Waals surface area (Å²) in [6, 6.07) is -0.339. The van der Waals surface area contributed by atoms with Crippen molar-refractivity contribution in [2.45, 2.75) is 25.3 Å². The van der Waals surface area contributed by atoms with Gasteiger partial charge in [-0.3, -0.25) is 5.84 Å². The van der Waals surface area contributed by atoms with Gasteiger partial charge < -0.3 is 4.84 Å². The molecular weight excluding hydrogens is 146 g/mol. The van der Waals surface area contributed by atoms with E-state index in [0.29, 0.717) is 0 Å². The molecule has 1 fully saturated rings. The molecule has 4 N–H and O–H groups in total. The number of nitrogens with zero attached hydrogens (tertiary/aromatic N) is 1. The summed E-state index contributed by atoms with van der Waals surface area (Å²) >= 11 is 0. The van der Waals surface area contributed by atoms with E-state index in [1.54, 1.807) is 0 Å². The van der Waals surface area contributed by atoms with E-state index in [1.165, 1.54) is 5.01 Å². The summed E-state index contributed by atoms with van der Waals surface area (Å²) in [5, 5.41) is 1.48. The predicted molar refractivity (Wildman–Crippen MR) is 38.8 cm³/mol. The molecule has 0 unspecified atom stereocenters. The van der Waals surface area contributed by atoms with Crippen LogP contribution >= 0.6 is 0 Å². The fourth-order valence-electron chi connectivity index (χ4n) is 1.29. The minimum atomic E-state index is -0.438. The summed E-state index contributed by atoms with van der Waals surface area (Å²) in [5.41, 5.74) is 0. The van der Waals surface area contributed by atoms with Crippen LogP contribution in [-0.4, -0.2) is 23.6 Å². The highest BCUT2D eigenvalue weighted by Gasteiger charge is 2.27. The minimum Gasteiger partial charge on any atom is -0.372 e. The second kappa shape index (κ2) is 3.66. The highest BCUT2D eigenvalue weighted by molar-refractivity contribution is 5.75. The SMILES string of the molecule is NOC(=O)[C@@H]1CCCCN1N. The Morgan fingerprint density at radius 3 is 2.82 bits per heavy atom. The van der Waals surface area contributed by atoms with Crippen molar-refractivity contribution in [1.29, 1.82) is 0 Å². The van der Waals surface area contributed by atoms with Crippen molar-refractivity contribution in [2.24, 2.45) is 11.7 Å². The Kier molecular flexibility index (Phi) is 2.81. The Morgan fingerprint density at radius 2 is 2.27 bits per heavy atom. The Morgan fingerprint density at radius 1 is 1.55 bits per heavy atom. The first-order chi connectivity index (χ1) is 5.25. The van der Waals surface area contributed by atoms with E-state index in [4.69, 9.17) is 11.7 Å². The number of carbonyl (C=O) groups excluding carboxylic acids is 1. The summed E-state index contributed by atoms with van der Waals surface area (Å²) in [6.07, 6.45) is 2.78. The highest BCUT2D eigenvalue weighted by atomic mass is 16.7. The number of hydrazine groups is 1. The molecule has 11 heavy (non-hydrogen) atoms. The maximum absolute atomic E-state index is 10.9. The summed E-state index contributed by atoms with van der Waals surface area (Å²) in [4.78, 5) is 15.0. The van der Waals surface area contributed by atoms with Crippen LogP contribution in [0.4, 0.5) is 0 Å². The predicted octanol–water partition coefficient (Wildman–Crippen LogP) is -0.868. The summed E-state index contributed by atoms with van der Waals surface area (Å²) in [5.74, 6) is 9.83. The summed E-state index contributed by atoms with van der Waals surface area (Å²) in [6.45, 7) is 0.736. The fraction of sp³-hybridized carbons (Fsp3) is 0.833. The minimum absolute atomic E-state index is 0.339. The third-order valence-electron chi connectivity index (χ3n) is 1.93. The molecular formula is C6H13N3O2. The number of rotatable bonds is 1. The Bertz CT molecular complexity index is 151. The normalized spacial score (nSPS) is 26.5. The molecule has 1 rings (SSSR count). The molecule has 0 aromatic rings. The molecule has 0 radical (unpaired) electrons. The van der Waals surface area contributed by atoms with Gasteiger partial charge >= 0.3 is 5.97 Å². The van der Waals surface area contributed by atoms with E-state index in [-0.39, 0.29) is 6.04 Å². The smallest absolute Gasteiger partial charge is 0.343 e. The molecule has 0 aliphatic carbocycles. The summed E-state index contributed by atoms with van der Waals surface area (Å²) < 4.78 is 0. The van der Waals surface area contributed by atoms with Crippen LogP contribution in [0.25, 0.3) is 0 Å². The molecule has 0 saturated carbocycles. The van der Waals surface area contributed by atoms with Gasteiger partial charge in [-0.1, -0.05) is 0 Å². The number of hydrogen-bond acceptors (Lipinski definition) is 5. The van der Waals surface area contributed by atoms with Crippen molar-refractivity contribution in [2.75, 3.05) is 6.54 Å². The Balaban J connectivity index is 2.47. The second-order valence-corrected chi connectivity index (χ2v) is 2.69. The van der Waals surface area contributed by atoms with Crippen molar-refractivity contribution in [1.82, 2.24) is 5.01 Å². The van der Waals surface area contributed by atoms with Crippen molar-refractivity contribution in [3.05, 3.63) is 0 Å². The van der Waals surface area contributed by atoms with Gasteiger partial charge in [-0.15, -0.1) is 0 Å². The van der Waals surface area contributed by atoms with E-state index in [2.05, 4.69) is 4.84 Å². The zero-order valence-electron chi connectivity index (χ0n) is 6.32. The number of hydrogen-bond donors (Lipinski definition) is 2. The van der Waals surface area contributed by atoms with Gasteiger partial charge in [0.1, 0.15) is 6.04 Å². The maximum Gasteiger partial charge on any atom is 0.343 e. The van der Waals surface area contributed by atoms with Gasteiger partial charge in [-0.25, -0.2) is 9.80 Å². The van der Waals surface area contributed by atoms with Crippen molar-refractivity contribution >= 4 is 5.97 Å². The molecule has 1 saturated heterocycles. The van der Waals surface area contributed by atoms with Crippen molar-refractivity contribution in [3.8, 4) is 0 Å². The van der Waals surface area contributed by atoms with Crippen LogP contribution in [0.5, 0.6) is 0 Å². The first kappa shape index (κ1) is 8.45. The zero-order chi connectivity index (χ0) is 8.27. The van der Waals surface area contributed by atoms with Crippen LogP contribution in [0.2, 0.25) is 0 Å². The van der Waals surface area contributed by atoms with Gasteiger partial charge in [-0.2, -0.15) is 5.90 Å². The third-order valence-corrected chi connectivity index (χ3v) is 1.93. The molecule has 0 aromatic heterocycles. The molecule has 64 valence electrons. The molecule has 5 heteroatoms. The number of piperidine rings is 1. The monoisotopic (exact) mass is 159 g/mol. The average Bonchev–Trinajstić information content (AvgIpc) is 2.04. The van der Waals surface area contributed by atoms with E-state index in [1.807, 2.05) is 0 Å². The van der Waals surface area contributed by atoms with E-state index in [0.717, 1.165) is 25.8 Å². The van der Waals surface area contributed by atoms with Crippen molar-refractivity contribution in [3.63, 3.8) is 0 Å². The molecule has 5 nitrogen and oxygen atoms in total. The van der Waals surface area contributed by atoms with E-state index in [9.17, 15) is 4.79 Å². The van der Waals surface area contributed by atoms with Gasteiger partial charge in [0, 0.05) is 6.54 Å². The molecule has 1 aliphatic heterocycles. The van der Waals surface area contributed by atoms with Gasteiger partial charge in [0.2, 0.25) is 0 Å². The summed E-state index contributed by atoms with van der Waals surface area (Å²) in [7, 11) is 0. The van der Waals surface area contributed by atoms with Crippen LogP contribution in [-0.2, 0) is 9.63 Å². The van der Waals surface area contributed by atoms with Crippen LogP contribution < -0.4 is 11.7 Å². The number of carbonyl (C=O) groups is 1. The van der Waals surface area contributed by atoms with Crippen LogP contribution in [0.1, 0.15) is 19.3 Å². The van der Waals surface area contributed by atoms with Crippen molar-refractivity contribution < 1.29 is 9.63 Å². The van der Waals surface area contributed by atoms with Gasteiger partial charge in [0.15, 0.2) is 0 Å². The van der Waals surface area contributed by atoms with Crippen LogP contribution in [0.15, 0.2) is 0 Å². The topological polar surface area (TPSA) is 81.6 Å². The molecule has 1 heterocycles. The second-order valence-electron chi connectivity index (χ2n) is 2.69. The quantitative estimate of drug-likeness (QED) is 0.384. The Hall–Kier alpha value is -0.650. The van der Waals surface area contributed by atoms with E-state index < -0.39 is 5.97 Å². The lowest BCUT2D eigenvalue weighted by molar-refractivity contribution is -0.152. The zero-order valence-corrected chi connectivity index (χ0v) is 6.32. The lowest BCUT2D eigenvalue weighted by atomic mass is 10.0. The first-order valence-corrected chi connectivity index (χ1v) is 3.67. The molecule has 0 spiro atoms. The lowest BCUT2D eigenvalue weighted by Crippen LogP contribution is -2.49. The van der Waals surface area contributed by atoms with Crippen LogP contribution in [0.3, 0.4) is 0 Å². The van der Waals surface area contributed by atoms with Gasteiger partial charge in [0.05, 0.1) is 0 Å². The molecule has 0 amide bonds. The maximum atomic E-state index is 10.9. The fourth-order valence-corrected chi connectivity index (χ4v) is 1.29. The third kappa shape index (κ3) is 1.89. The van der Waals surface area contributed by atoms with Gasteiger partial charge in [-0.05, 0) is 19.3 Å². The van der Waals surface area contributed by atoms with E-state index >= 15 is 0 Å². The molecule has 0 aromatic carbocycles. The van der Waals surface area contributed by atoms with Gasteiger partial charge in [0.25, 0.3) is 0 Å².